The molecule has 1 amide bonds. The number of carbonyl (C=O) groups excluding carboxylic acids is 1. The van der Waals surface area contributed by atoms with E-state index in [1.165, 1.54) is 0 Å². The summed E-state index contributed by atoms with van der Waals surface area (Å²) >= 11 is 0. The minimum atomic E-state index is -0.212. The van der Waals surface area contributed by atoms with E-state index in [0.717, 1.165) is 30.7 Å². The van der Waals surface area contributed by atoms with Crippen LogP contribution in [-0.4, -0.2) is 24.7 Å². The van der Waals surface area contributed by atoms with Gasteiger partial charge in [-0.1, -0.05) is 19.1 Å². The third kappa shape index (κ3) is 3.97. The molecule has 2 unspecified atom stereocenters. The second-order valence-electron chi connectivity index (χ2n) is 6.04. The van der Waals surface area contributed by atoms with Gasteiger partial charge in [-0.3, -0.25) is 4.79 Å². The van der Waals surface area contributed by atoms with Gasteiger partial charge in [-0.15, -0.1) is 0 Å². The average molecular weight is 276 g/mol. The molecular weight excluding hydrogens is 252 g/mol. The molecule has 3 N–H and O–H groups in total. The van der Waals surface area contributed by atoms with E-state index in [9.17, 15) is 4.79 Å². The molecular formula is C16H24N2O2. The fourth-order valence-electron chi connectivity index (χ4n) is 2.64. The summed E-state index contributed by atoms with van der Waals surface area (Å²) in [6, 6.07) is 7.72. The van der Waals surface area contributed by atoms with Crippen LogP contribution < -0.4 is 11.1 Å². The molecule has 0 bridgehead atoms. The number of amides is 1. The molecule has 2 rings (SSSR count). The quantitative estimate of drug-likeness (QED) is 0.830. The first kappa shape index (κ1) is 14.9. The van der Waals surface area contributed by atoms with E-state index in [1.807, 2.05) is 24.3 Å². The Kier molecular flexibility index (Phi) is 4.65. The number of rotatable bonds is 4. The van der Waals surface area contributed by atoms with Crippen LogP contribution in [0.15, 0.2) is 24.3 Å². The van der Waals surface area contributed by atoms with Gasteiger partial charge in [-0.2, -0.15) is 0 Å². The van der Waals surface area contributed by atoms with Crippen molar-refractivity contribution in [2.24, 2.45) is 0 Å². The van der Waals surface area contributed by atoms with Crippen LogP contribution in [-0.2, 0) is 9.53 Å². The van der Waals surface area contributed by atoms with Crippen molar-refractivity contribution in [3.63, 3.8) is 0 Å². The number of anilines is 1. The summed E-state index contributed by atoms with van der Waals surface area (Å²) in [4.78, 5) is 12.2. The van der Waals surface area contributed by atoms with Crippen molar-refractivity contribution in [2.45, 2.75) is 44.6 Å². The molecule has 0 saturated carbocycles. The molecule has 4 nitrogen and oxygen atoms in total. The summed E-state index contributed by atoms with van der Waals surface area (Å²) in [6.07, 6.45) is 2.47. The third-order valence-corrected chi connectivity index (χ3v) is 3.88. The number of benzene rings is 1. The maximum Gasteiger partial charge on any atom is 0.221 e. The molecule has 20 heavy (non-hydrogen) atoms. The van der Waals surface area contributed by atoms with Crippen LogP contribution in [0.2, 0.25) is 0 Å². The van der Waals surface area contributed by atoms with E-state index in [2.05, 4.69) is 19.2 Å². The smallest absolute Gasteiger partial charge is 0.221 e. The van der Waals surface area contributed by atoms with E-state index >= 15 is 0 Å². The molecule has 0 aromatic heterocycles. The molecule has 0 aliphatic carbocycles. The largest absolute Gasteiger partial charge is 0.399 e. The lowest BCUT2D eigenvalue weighted by Crippen LogP contribution is -2.51. The fraction of sp³-hybridized carbons (Fsp3) is 0.562. The van der Waals surface area contributed by atoms with Gasteiger partial charge in [0.05, 0.1) is 12.1 Å². The predicted octanol–water partition coefficient (Wildman–Crippen LogP) is 2.45. The number of nitrogens with two attached hydrogens (primary N) is 1. The van der Waals surface area contributed by atoms with E-state index in [0.29, 0.717) is 13.0 Å². The summed E-state index contributed by atoms with van der Waals surface area (Å²) in [5.74, 6) is 0.269. The van der Waals surface area contributed by atoms with Gasteiger partial charge >= 0.3 is 0 Å². The molecule has 1 aromatic carbocycles. The van der Waals surface area contributed by atoms with Gasteiger partial charge < -0.3 is 15.8 Å². The lowest BCUT2D eigenvalue weighted by Gasteiger charge is -2.34. The van der Waals surface area contributed by atoms with Crippen molar-refractivity contribution in [1.82, 2.24) is 5.32 Å². The Labute approximate surface area is 120 Å². The molecule has 4 heteroatoms. The Bertz CT molecular complexity index is 450. The minimum absolute atomic E-state index is 0.0855. The topological polar surface area (TPSA) is 64.3 Å². The van der Waals surface area contributed by atoms with Crippen molar-refractivity contribution >= 4 is 11.6 Å². The van der Waals surface area contributed by atoms with Crippen LogP contribution in [0.4, 0.5) is 5.69 Å². The maximum atomic E-state index is 12.2. The first-order valence-corrected chi connectivity index (χ1v) is 7.23. The van der Waals surface area contributed by atoms with E-state index < -0.39 is 0 Å². The van der Waals surface area contributed by atoms with Crippen molar-refractivity contribution in [1.29, 1.82) is 0 Å². The van der Waals surface area contributed by atoms with Gasteiger partial charge in [-0.05, 0) is 43.4 Å². The molecule has 1 fully saturated rings. The lowest BCUT2D eigenvalue weighted by atomic mass is 9.93. The van der Waals surface area contributed by atoms with Crippen molar-refractivity contribution in [3.8, 4) is 0 Å². The van der Waals surface area contributed by atoms with E-state index in [4.69, 9.17) is 10.5 Å². The summed E-state index contributed by atoms with van der Waals surface area (Å²) in [7, 11) is 0. The van der Waals surface area contributed by atoms with Gasteiger partial charge in [0, 0.05) is 18.7 Å². The molecule has 2 atom stereocenters. The highest BCUT2D eigenvalue weighted by molar-refractivity contribution is 5.77. The number of nitrogens with one attached hydrogen (secondary N) is 1. The van der Waals surface area contributed by atoms with Crippen LogP contribution in [0.25, 0.3) is 0 Å². The summed E-state index contributed by atoms with van der Waals surface area (Å²) in [5, 5.41) is 3.12. The summed E-state index contributed by atoms with van der Waals surface area (Å²) in [6.45, 7) is 5.52. The Morgan fingerprint density at radius 1 is 1.45 bits per heavy atom. The molecule has 1 saturated heterocycles. The number of hydrogen-bond acceptors (Lipinski definition) is 3. The van der Waals surface area contributed by atoms with Crippen LogP contribution in [0.3, 0.4) is 0 Å². The number of ether oxygens (including phenoxy) is 1. The van der Waals surface area contributed by atoms with Crippen LogP contribution in [0.5, 0.6) is 0 Å². The predicted molar refractivity (Wildman–Crippen MR) is 80.5 cm³/mol. The highest BCUT2D eigenvalue weighted by atomic mass is 16.5. The number of nitrogen functional groups attached to an aromatic ring is 1. The molecule has 1 aromatic rings. The Morgan fingerprint density at radius 2 is 2.15 bits per heavy atom. The van der Waals surface area contributed by atoms with Crippen molar-refractivity contribution in [2.75, 3.05) is 18.9 Å². The fourth-order valence-corrected chi connectivity index (χ4v) is 2.64. The van der Waals surface area contributed by atoms with Crippen LogP contribution in [0, 0.1) is 0 Å². The number of hydrogen-bond donors (Lipinski definition) is 2. The highest BCUT2D eigenvalue weighted by Gasteiger charge is 2.29. The second-order valence-corrected chi connectivity index (χ2v) is 6.04. The van der Waals surface area contributed by atoms with Gasteiger partial charge in [0.1, 0.15) is 0 Å². The molecule has 1 aliphatic rings. The van der Waals surface area contributed by atoms with Gasteiger partial charge in [-0.25, -0.2) is 0 Å². The van der Waals surface area contributed by atoms with Gasteiger partial charge in [0.25, 0.3) is 0 Å². The van der Waals surface area contributed by atoms with Crippen LogP contribution >= 0.6 is 0 Å². The third-order valence-electron chi connectivity index (χ3n) is 3.88. The van der Waals surface area contributed by atoms with Crippen molar-refractivity contribution < 1.29 is 9.53 Å². The van der Waals surface area contributed by atoms with Gasteiger partial charge in [0.15, 0.2) is 0 Å². The minimum Gasteiger partial charge on any atom is -0.399 e. The zero-order chi connectivity index (χ0) is 14.6. The Morgan fingerprint density at radius 3 is 2.75 bits per heavy atom. The molecule has 1 aliphatic heterocycles. The Hall–Kier alpha value is -1.55. The molecule has 1 heterocycles. The first-order chi connectivity index (χ1) is 9.48. The monoisotopic (exact) mass is 276 g/mol. The standard InChI is InChI=1S/C16H24N2O2/c1-12(13-4-6-14(17)7-5-13)10-15(19)18-16(2)8-3-9-20-11-16/h4-7,12H,3,8-11,17H2,1-2H3,(H,18,19). The summed E-state index contributed by atoms with van der Waals surface area (Å²) < 4.78 is 5.46. The molecule has 0 spiro atoms. The lowest BCUT2D eigenvalue weighted by molar-refractivity contribution is -0.124. The second kappa shape index (κ2) is 6.27. The highest BCUT2D eigenvalue weighted by Crippen LogP contribution is 2.22. The summed E-state index contributed by atoms with van der Waals surface area (Å²) in [5.41, 5.74) is 7.35. The first-order valence-electron chi connectivity index (χ1n) is 7.23. The van der Waals surface area contributed by atoms with E-state index in [-0.39, 0.29) is 17.4 Å². The normalized spacial score (nSPS) is 24.1. The van der Waals surface area contributed by atoms with Crippen LogP contribution in [0.1, 0.15) is 44.6 Å². The zero-order valence-corrected chi connectivity index (χ0v) is 12.3. The zero-order valence-electron chi connectivity index (χ0n) is 12.3. The van der Waals surface area contributed by atoms with Crippen molar-refractivity contribution in [3.05, 3.63) is 29.8 Å². The number of carbonyl (C=O) groups is 1. The molecule has 110 valence electrons. The van der Waals surface area contributed by atoms with Gasteiger partial charge in [0.2, 0.25) is 5.91 Å². The van der Waals surface area contributed by atoms with E-state index in [1.54, 1.807) is 0 Å². The molecule has 0 radical (unpaired) electrons. The maximum absolute atomic E-state index is 12.2. The SMILES string of the molecule is CC(CC(=O)NC1(C)CCCOC1)c1ccc(N)cc1. The average Bonchev–Trinajstić information content (AvgIpc) is 2.39. The Balaban J connectivity index is 1.89.